The standard InChI is InChI=1S/C46H31N3O/c1-3-13-30(14-4-1)31-23-25-33(26-24-31)44-47-43(32-15-5-2-6-16-32)48-45(49-44)34-27-28-36-35-17-7-8-18-37(35)46(40(36)29-34)38-19-9-11-21-41(38)50-42-22-12-10-20-39(42)46/h1-9,11-19,21-29H,10,20H2/t46-/m1/s1. The Labute approximate surface area is 291 Å². The lowest BCUT2D eigenvalue weighted by Gasteiger charge is -2.41. The number of aromatic nitrogens is 3. The number of benzene rings is 6. The lowest BCUT2D eigenvalue weighted by atomic mass is 9.63. The maximum Gasteiger partial charge on any atom is 0.164 e. The summed E-state index contributed by atoms with van der Waals surface area (Å²) in [5, 5.41) is 0. The Hall–Kier alpha value is -6.39. The minimum Gasteiger partial charge on any atom is -0.457 e. The molecule has 4 nitrogen and oxygen atoms in total. The summed E-state index contributed by atoms with van der Waals surface area (Å²) in [5.41, 5.74) is 12.2. The maximum absolute atomic E-state index is 6.59. The molecule has 1 aliphatic heterocycles. The monoisotopic (exact) mass is 641 g/mol. The normalized spacial score (nSPS) is 16.7. The minimum atomic E-state index is -0.484. The van der Waals surface area contributed by atoms with Crippen molar-refractivity contribution in [3.8, 4) is 62.2 Å². The van der Waals surface area contributed by atoms with Gasteiger partial charge in [0.25, 0.3) is 0 Å². The summed E-state index contributed by atoms with van der Waals surface area (Å²) >= 11 is 0. The first-order valence-electron chi connectivity index (χ1n) is 17.2. The molecule has 6 aromatic carbocycles. The molecule has 1 atom stereocenters. The van der Waals surface area contributed by atoms with Crippen LogP contribution >= 0.6 is 0 Å². The van der Waals surface area contributed by atoms with Crippen LogP contribution in [-0.4, -0.2) is 15.0 Å². The molecule has 236 valence electrons. The van der Waals surface area contributed by atoms with Crippen LogP contribution in [0.4, 0.5) is 0 Å². The van der Waals surface area contributed by atoms with E-state index in [1.54, 1.807) is 0 Å². The molecule has 50 heavy (non-hydrogen) atoms. The fourth-order valence-corrected chi connectivity index (χ4v) is 8.08. The van der Waals surface area contributed by atoms with Gasteiger partial charge in [-0.25, -0.2) is 15.0 Å². The first-order valence-corrected chi connectivity index (χ1v) is 17.2. The summed E-state index contributed by atoms with van der Waals surface area (Å²) in [6.07, 6.45) is 6.28. The maximum atomic E-state index is 6.59. The number of hydrogen-bond acceptors (Lipinski definition) is 4. The van der Waals surface area contributed by atoms with Crippen LogP contribution in [0.3, 0.4) is 0 Å². The van der Waals surface area contributed by atoms with Crippen LogP contribution in [0, 0.1) is 0 Å². The van der Waals surface area contributed by atoms with Crippen LogP contribution < -0.4 is 4.74 Å². The van der Waals surface area contributed by atoms with E-state index in [-0.39, 0.29) is 0 Å². The van der Waals surface area contributed by atoms with Crippen molar-refractivity contribution in [2.24, 2.45) is 0 Å². The fourth-order valence-electron chi connectivity index (χ4n) is 8.08. The predicted octanol–water partition coefficient (Wildman–Crippen LogP) is 10.9. The van der Waals surface area contributed by atoms with Gasteiger partial charge in [0.2, 0.25) is 0 Å². The van der Waals surface area contributed by atoms with Crippen molar-refractivity contribution in [2.45, 2.75) is 18.3 Å². The van der Waals surface area contributed by atoms with Gasteiger partial charge in [0.15, 0.2) is 17.5 Å². The van der Waals surface area contributed by atoms with Crippen LogP contribution in [0.25, 0.3) is 56.4 Å². The van der Waals surface area contributed by atoms with Crippen LogP contribution in [0.15, 0.2) is 175 Å². The molecule has 10 rings (SSSR count). The average molecular weight is 642 g/mol. The van der Waals surface area contributed by atoms with E-state index in [9.17, 15) is 0 Å². The Kier molecular flexibility index (Phi) is 6.50. The lowest BCUT2D eigenvalue weighted by Crippen LogP contribution is -2.35. The van der Waals surface area contributed by atoms with Crippen molar-refractivity contribution in [3.63, 3.8) is 0 Å². The van der Waals surface area contributed by atoms with Gasteiger partial charge in [0.1, 0.15) is 11.5 Å². The highest BCUT2D eigenvalue weighted by Crippen LogP contribution is 2.62. The van der Waals surface area contributed by atoms with Gasteiger partial charge >= 0.3 is 0 Å². The Morgan fingerprint density at radius 2 is 1.00 bits per heavy atom. The number of hydrogen-bond donors (Lipinski definition) is 0. The minimum absolute atomic E-state index is 0.484. The van der Waals surface area contributed by atoms with Gasteiger partial charge in [-0.15, -0.1) is 0 Å². The molecular formula is C46H31N3O. The number of para-hydroxylation sites is 1. The van der Waals surface area contributed by atoms with Crippen molar-refractivity contribution in [1.29, 1.82) is 0 Å². The Morgan fingerprint density at radius 1 is 0.460 bits per heavy atom. The number of ether oxygens (including phenoxy) is 1. The van der Waals surface area contributed by atoms with Gasteiger partial charge in [-0.05, 0) is 70.0 Å². The summed E-state index contributed by atoms with van der Waals surface area (Å²) in [5.74, 6) is 3.79. The molecule has 0 N–H and O–H groups in total. The molecule has 0 bridgehead atoms. The fraction of sp³-hybridized carbons (Fsp3) is 0.0652. The van der Waals surface area contributed by atoms with Crippen LogP contribution in [-0.2, 0) is 5.41 Å². The molecule has 3 aliphatic rings. The van der Waals surface area contributed by atoms with Crippen molar-refractivity contribution in [1.82, 2.24) is 15.0 Å². The molecule has 0 unspecified atom stereocenters. The first-order chi connectivity index (χ1) is 24.8. The highest BCUT2D eigenvalue weighted by molar-refractivity contribution is 5.89. The largest absolute Gasteiger partial charge is 0.457 e. The summed E-state index contributed by atoms with van der Waals surface area (Å²) in [6.45, 7) is 0. The molecule has 1 spiro atoms. The molecule has 0 saturated heterocycles. The van der Waals surface area contributed by atoms with Gasteiger partial charge < -0.3 is 4.74 Å². The molecule has 2 heterocycles. The molecule has 0 radical (unpaired) electrons. The van der Waals surface area contributed by atoms with Crippen molar-refractivity contribution in [3.05, 3.63) is 192 Å². The van der Waals surface area contributed by atoms with E-state index in [0.717, 1.165) is 46.6 Å². The summed E-state index contributed by atoms with van der Waals surface area (Å²) in [7, 11) is 0. The zero-order valence-electron chi connectivity index (χ0n) is 27.3. The average Bonchev–Trinajstić information content (AvgIpc) is 3.48. The summed E-state index contributed by atoms with van der Waals surface area (Å²) in [6, 6.07) is 53.2. The quantitative estimate of drug-likeness (QED) is 0.192. The van der Waals surface area contributed by atoms with Crippen LogP contribution in [0.1, 0.15) is 29.5 Å². The highest BCUT2D eigenvalue weighted by atomic mass is 16.5. The molecule has 0 amide bonds. The third-order valence-electron chi connectivity index (χ3n) is 10.3. The zero-order chi connectivity index (χ0) is 33.1. The zero-order valence-corrected chi connectivity index (χ0v) is 27.3. The number of fused-ring (bicyclic) bond motifs is 8. The predicted molar refractivity (Wildman–Crippen MR) is 199 cm³/mol. The summed E-state index contributed by atoms with van der Waals surface area (Å²) in [4.78, 5) is 15.3. The number of allylic oxidation sites excluding steroid dienone is 3. The Bertz CT molecular complexity index is 2500. The van der Waals surface area contributed by atoms with Crippen molar-refractivity contribution >= 4 is 0 Å². The molecule has 7 aromatic rings. The van der Waals surface area contributed by atoms with E-state index in [4.69, 9.17) is 19.7 Å². The third-order valence-corrected chi connectivity index (χ3v) is 10.3. The molecule has 2 aliphatic carbocycles. The second-order valence-corrected chi connectivity index (χ2v) is 13.1. The van der Waals surface area contributed by atoms with Gasteiger partial charge in [0, 0.05) is 22.3 Å². The van der Waals surface area contributed by atoms with Gasteiger partial charge in [0.05, 0.1) is 5.41 Å². The van der Waals surface area contributed by atoms with E-state index in [0.29, 0.717) is 17.5 Å². The Morgan fingerprint density at radius 3 is 1.76 bits per heavy atom. The van der Waals surface area contributed by atoms with Crippen LogP contribution in [0.5, 0.6) is 5.75 Å². The van der Waals surface area contributed by atoms with E-state index in [1.165, 1.54) is 39.0 Å². The van der Waals surface area contributed by atoms with Crippen molar-refractivity contribution < 1.29 is 4.74 Å². The number of nitrogens with zero attached hydrogens (tertiary/aromatic N) is 3. The molecule has 1 aromatic heterocycles. The third kappa shape index (κ3) is 4.35. The van der Waals surface area contributed by atoms with Crippen LogP contribution in [0.2, 0.25) is 0 Å². The van der Waals surface area contributed by atoms with Gasteiger partial charge in [-0.2, -0.15) is 0 Å². The second-order valence-electron chi connectivity index (χ2n) is 13.1. The van der Waals surface area contributed by atoms with Crippen molar-refractivity contribution in [2.75, 3.05) is 0 Å². The SMILES string of the molecule is C1=CC2=C(CC1)[C@]1(c3ccccc3O2)c2ccccc2-c2ccc(-c3nc(-c4ccccc4)nc(-c4ccc(-c5ccccc5)cc4)n3)cc21. The van der Waals surface area contributed by atoms with E-state index in [1.807, 2.05) is 24.3 Å². The number of rotatable bonds is 4. The molecule has 4 heteroatoms. The van der Waals surface area contributed by atoms with E-state index >= 15 is 0 Å². The topological polar surface area (TPSA) is 47.9 Å². The molecule has 0 saturated carbocycles. The second kappa shape index (κ2) is 11.4. The van der Waals surface area contributed by atoms with E-state index in [2.05, 4.69) is 140 Å². The molecule has 0 fully saturated rings. The van der Waals surface area contributed by atoms with Gasteiger partial charge in [-0.3, -0.25) is 0 Å². The Balaban J connectivity index is 1.18. The lowest BCUT2D eigenvalue weighted by molar-refractivity contribution is 0.389. The van der Waals surface area contributed by atoms with Gasteiger partial charge in [-0.1, -0.05) is 146 Å². The summed E-state index contributed by atoms with van der Waals surface area (Å²) < 4.78 is 6.59. The highest BCUT2D eigenvalue weighted by Gasteiger charge is 2.52. The molecular weight excluding hydrogens is 611 g/mol. The van der Waals surface area contributed by atoms with E-state index < -0.39 is 5.41 Å². The first kappa shape index (κ1) is 28.6. The smallest absolute Gasteiger partial charge is 0.164 e.